The van der Waals surface area contributed by atoms with E-state index in [2.05, 4.69) is 34.1 Å². The molecule has 1 atom stereocenters. The highest BCUT2D eigenvalue weighted by molar-refractivity contribution is 9.10. The van der Waals surface area contributed by atoms with Gasteiger partial charge in [-0.05, 0) is 32.2 Å². The first-order valence-electron chi connectivity index (χ1n) is 4.72. The number of hydrogen-bond acceptors (Lipinski definition) is 2. The summed E-state index contributed by atoms with van der Waals surface area (Å²) in [7, 11) is 1.91. The molecule has 0 heterocycles. The van der Waals surface area contributed by atoms with E-state index >= 15 is 0 Å². The van der Waals surface area contributed by atoms with Gasteiger partial charge in [0.15, 0.2) is 0 Å². The Bertz CT molecular complexity index is 370. The van der Waals surface area contributed by atoms with Crippen LogP contribution in [0.3, 0.4) is 0 Å². The van der Waals surface area contributed by atoms with E-state index < -0.39 is 0 Å². The van der Waals surface area contributed by atoms with Crippen LogP contribution in [-0.4, -0.2) is 13.7 Å². The van der Waals surface area contributed by atoms with Gasteiger partial charge in [-0.25, -0.2) is 0 Å². The Morgan fingerprint density at radius 3 is 2.93 bits per heavy atom. The number of halogens is 1. The second-order valence-electron chi connectivity index (χ2n) is 3.19. The predicted octanol–water partition coefficient (Wildman–Crippen LogP) is 2.74. The third-order valence-electron chi connectivity index (χ3n) is 2.18. The van der Waals surface area contributed by atoms with Gasteiger partial charge in [-0.2, -0.15) is 0 Å². The summed E-state index contributed by atoms with van der Waals surface area (Å²) < 4.78 is 6.50. The molecule has 0 aliphatic rings. The largest absolute Gasteiger partial charge is 0.481 e. The van der Waals surface area contributed by atoms with Crippen molar-refractivity contribution >= 4 is 15.9 Å². The molecule has 0 fully saturated rings. The lowest BCUT2D eigenvalue weighted by Crippen LogP contribution is -2.13. The molecule has 0 aliphatic carbocycles. The van der Waals surface area contributed by atoms with E-state index in [1.54, 1.807) is 0 Å². The van der Waals surface area contributed by atoms with Gasteiger partial charge in [0.2, 0.25) is 0 Å². The van der Waals surface area contributed by atoms with E-state index in [9.17, 15) is 0 Å². The van der Waals surface area contributed by atoms with Crippen molar-refractivity contribution in [3.8, 4) is 18.1 Å². The summed E-state index contributed by atoms with van der Waals surface area (Å²) in [6.07, 6.45) is 5.17. The van der Waals surface area contributed by atoms with Crippen molar-refractivity contribution in [1.82, 2.24) is 5.32 Å². The average Bonchev–Trinajstić information content (AvgIpc) is 2.26. The highest BCUT2D eigenvalue weighted by Gasteiger charge is 2.10. The molecule has 0 spiro atoms. The smallest absolute Gasteiger partial charge is 0.148 e. The SMILES string of the molecule is C#CCOc1ccc(Br)cc1C(C)NC. The van der Waals surface area contributed by atoms with E-state index in [4.69, 9.17) is 11.2 Å². The summed E-state index contributed by atoms with van der Waals surface area (Å²) in [4.78, 5) is 0. The molecule has 1 aromatic carbocycles. The van der Waals surface area contributed by atoms with Gasteiger partial charge in [-0.1, -0.05) is 21.9 Å². The molecule has 1 N–H and O–H groups in total. The number of rotatable bonds is 4. The van der Waals surface area contributed by atoms with Crippen LogP contribution in [0, 0.1) is 12.3 Å². The van der Waals surface area contributed by atoms with Crippen LogP contribution in [0.1, 0.15) is 18.5 Å². The summed E-state index contributed by atoms with van der Waals surface area (Å²) >= 11 is 3.44. The van der Waals surface area contributed by atoms with Crippen molar-refractivity contribution in [3.63, 3.8) is 0 Å². The van der Waals surface area contributed by atoms with Crippen LogP contribution < -0.4 is 10.1 Å². The molecule has 3 heteroatoms. The highest BCUT2D eigenvalue weighted by atomic mass is 79.9. The fraction of sp³-hybridized carbons (Fsp3) is 0.333. The van der Waals surface area contributed by atoms with Crippen LogP contribution in [0.15, 0.2) is 22.7 Å². The average molecular weight is 268 g/mol. The summed E-state index contributed by atoms with van der Waals surface area (Å²) in [6, 6.07) is 6.13. The summed E-state index contributed by atoms with van der Waals surface area (Å²) in [5.74, 6) is 3.29. The molecule has 0 aromatic heterocycles. The Kier molecular flexibility index (Phi) is 4.67. The lowest BCUT2D eigenvalue weighted by Gasteiger charge is -2.15. The fourth-order valence-electron chi connectivity index (χ4n) is 1.26. The molecule has 0 bridgehead atoms. The van der Waals surface area contributed by atoms with Crippen molar-refractivity contribution in [2.24, 2.45) is 0 Å². The Morgan fingerprint density at radius 2 is 2.33 bits per heavy atom. The Morgan fingerprint density at radius 1 is 1.60 bits per heavy atom. The number of nitrogens with one attached hydrogen (secondary N) is 1. The molecule has 1 aromatic rings. The molecule has 2 nitrogen and oxygen atoms in total. The lowest BCUT2D eigenvalue weighted by molar-refractivity contribution is 0.362. The molecule has 0 radical (unpaired) electrons. The molecular weight excluding hydrogens is 254 g/mol. The zero-order valence-electron chi connectivity index (χ0n) is 8.88. The molecule has 0 saturated heterocycles. The van der Waals surface area contributed by atoms with Gasteiger partial charge in [0.25, 0.3) is 0 Å². The van der Waals surface area contributed by atoms with Gasteiger partial charge in [0.1, 0.15) is 12.4 Å². The number of hydrogen-bond donors (Lipinski definition) is 1. The van der Waals surface area contributed by atoms with Crippen molar-refractivity contribution in [3.05, 3.63) is 28.2 Å². The van der Waals surface area contributed by atoms with Gasteiger partial charge in [0.05, 0.1) is 0 Å². The molecule has 0 aliphatic heterocycles. The van der Waals surface area contributed by atoms with Crippen molar-refractivity contribution in [2.75, 3.05) is 13.7 Å². The van der Waals surface area contributed by atoms with Crippen molar-refractivity contribution in [2.45, 2.75) is 13.0 Å². The molecule has 0 amide bonds. The first-order chi connectivity index (χ1) is 7.19. The minimum atomic E-state index is 0.232. The van der Waals surface area contributed by atoms with Gasteiger partial charge in [0, 0.05) is 16.1 Å². The van der Waals surface area contributed by atoms with E-state index in [0.29, 0.717) is 6.61 Å². The third-order valence-corrected chi connectivity index (χ3v) is 2.68. The maximum atomic E-state index is 5.47. The molecular formula is C12H14BrNO. The quantitative estimate of drug-likeness (QED) is 0.848. The topological polar surface area (TPSA) is 21.3 Å². The van der Waals surface area contributed by atoms with Crippen LogP contribution >= 0.6 is 15.9 Å². The van der Waals surface area contributed by atoms with E-state index in [-0.39, 0.29) is 6.04 Å². The van der Waals surface area contributed by atoms with Gasteiger partial charge in [-0.3, -0.25) is 0 Å². The minimum absolute atomic E-state index is 0.232. The molecule has 1 unspecified atom stereocenters. The first-order valence-corrected chi connectivity index (χ1v) is 5.51. The van der Waals surface area contributed by atoms with Gasteiger partial charge < -0.3 is 10.1 Å². The standard InChI is InChI=1S/C12H14BrNO/c1-4-7-15-12-6-5-10(13)8-11(12)9(2)14-3/h1,5-6,8-9,14H,7H2,2-3H3. The number of benzene rings is 1. The molecule has 80 valence electrons. The number of terminal acetylenes is 1. The normalized spacial score (nSPS) is 11.9. The van der Waals surface area contributed by atoms with Gasteiger partial charge in [-0.15, -0.1) is 6.42 Å². The highest BCUT2D eigenvalue weighted by Crippen LogP contribution is 2.28. The van der Waals surface area contributed by atoms with Crippen LogP contribution in [0.25, 0.3) is 0 Å². The predicted molar refractivity (Wildman–Crippen MR) is 65.9 cm³/mol. The monoisotopic (exact) mass is 267 g/mol. The van der Waals surface area contributed by atoms with Crippen LogP contribution in [-0.2, 0) is 0 Å². The van der Waals surface area contributed by atoms with Crippen LogP contribution in [0.5, 0.6) is 5.75 Å². The Labute approximate surface area is 99.2 Å². The Balaban J connectivity index is 2.98. The second kappa shape index (κ2) is 5.79. The third kappa shape index (κ3) is 3.26. The van der Waals surface area contributed by atoms with Gasteiger partial charge >= 0.3 is 0 Å². The maximum absolute atomic E-state index is 5.47. The summed E-state index contributed by atoms with van der Waals surface area (Å²) in [5, 5.41) is 3.17. The van der Waals surface area contributed by atoms with Crippen LogP contribution in [0.4, 0.5) is 0 Å². The zero-order chi connectivity index (χ0) is 11.3. The van der Waals surface area contributed by atoms with Crippen LogP contribution in [0.2, 0.25) is 0 Å². The maximum Gasteiger partial charge on any atom is 0.148 e. The second-order valence-corrected chi connectivity index (χ2v) is 4.10. The molecule has 15 heavy (non-hydrogen) atoms. The zero-order valence-corrected chi connectivity index (χ0v) is 10.5. The van der Waals surface area contributed by atoms with Crippen molar-refractivity contribution < 1.29 is 4.74 Å². The van der Waals surface area contributed by atoms with Crippen molar-refractivity contribution in [1.29, 1.82) is 0 Å². The Hall–Kier alpha value is -0.980. The fourth-order valence-corrected chi connectivity index (χ4v) is 1.64. The number of ether oxygens (including phenoxy) is 1. The summed E-state index contributed by atoms with van der Waals surface area (Å²) in [6.45, 7) is 2.37. The van der Waals surface area contributed by atoms with E-state index in [1.165, 1.54) is 0 Å². The van der Waals surface area contributed by atoms with E-state index in [1.807, 2.05) is 25.2 Å². The minimum Gasteiger partial charge on any atom is -0.481 e. The lowest BCUT2D eigenvalue weighted by atomic mass is 10.1. The molecule has 0 saturated carbocycles. The van der Waals surface area contributed by atoms with E-state index in [0.717, 1.165) is 15.8 Å². The first kappa shape index (κ1) is 12.1. The molecule has 1 rings (SSSR count). The summed E-state index contributed by atoms with van der Waals surface area (Å²) in [5.41, 5.74) is 1.10.